The van der Waals surface area contributed by atoms with Gasteiger partial charge in [0.25, 0.3) is 0 Å². The van der Waals surface area contributed by atoms with Crippen molar-refractivity contribution in [2.75, 3.05) is 21.3 Å². The quantitative estimate of drug-likeness (QED) is 0.343. The summed E-state index contributed by atoms with van der Waals surface area (Å²) in [5.74, 6) is 0. The van der Waals surface area contributed by atoms with Gasteiger partial charge < -0.3 is 15.3 Å². The Morgan fingerprint density at radius 3 is 0.571 bits per heavy atom. The molecular weight excluding hydrogens is 140 g/mol. The minimum Gasteiger partial charge on any atom is -0.857 e. The molecule has 0 bridgehead atoms. The summed E-state index contributed by atoms with van der Waals surface area (Å²) in [7, 11) is 2.25. The molecule has 3 nitrogen and oxygen atoms in total. The Bertz CT molecular complexity index is 10.1. The molecule has 1 radical (unpaired) electrons. The maximum atomic E-state index is 8.25. The third-order valence-corrected chi connectivity index (χ3v) is 0. The van der Waals surface area contributed by atoms with Crippen molar-refractivity contribution in [2.24, 2.45) is 0 Å². The van der Waals surface area contributed by atoms with E-state index in [1.165, 1.54) is 0 Å². The fourth-order valence-corrected chi connectivity index (χ4v) is 0. The molecule has 0 saturated heterocycles. The third-order valence-electron chi connectivity index (χ3n) is 0. The average molecular weight is 149 g/mol. The molecule has 4 heteroatoms. The summed E-state index contributed by atoms with van der Waals surface area (Å²) in [6, 6.07) is 0. The Balaban J connectivity index is -0.00000000900. The van der Waals surface area contributed by atoms with Crippen LogP contribution in [-0.2, 0) is 17.1 Å². The van der Waals surface area contributed by atoms with Crippen LogP contribution in [0.15, 0.2) is 0 Å². The zero-order valence-electron chi connectivity index (χ0n) is 4.58. The Morgan fingerprint density at radius 2 is 0.571 bits per heavy atom. The molecule has 47 valence electrons. The van der Waals surface area contributed by atoms with Gasteiger partial charge in [0.15, 0.2) is 0 Å². The molecule has 0 aliphatic carbocycles. The molecule has 0 aromatic carbocycles. The molecule has 0 atom stereocenters. The van der Waals surface area contributed by atoms with E-state index < -0.39 is 0 Å². The van der Waals surface area contributed by atoms with Crippen molar-refractivity contribution < 1.29 is 32.4 Å². The van der Waals surface area contributed by atoms with Crippen LogP contribution in [0.2, 0.25) is 0 Å². The van der Waals surface area contributed by atoms with E-state index in [-0.39, 0.29) is 17.1 Å². The molecule has 0 rings (SSSR count). The van der Waals surface area contributed by atoms with Gasteiger partial charge in [0.05, 0.1) is 0 Å². The molecule has 0 aromatic rings. The molecule has 0 fully saturated rings. The van der Waals surface area contributed by atoms with Gasteiger partial charge in [-0.15, -0.1) is 0 Å². The summed E-state index contributed by atoms with van der Waals surface area (Å²) in [5, 5.41) is 24.8. The van der Waals surface area contributed by atoms with Crippen LogP contribution in [-0.4, -0.2) is 21.3 Å². The van der Waals surface area contributed by atoms with Gasteiger partial charge >= 0.3 is 17.1 Å². The first-order valence-corrected chi connectivity index (χ1v) is 1.22. The van der Waals surface area contributed by atoms with E-state index in [0.29, 0.717) is 0 Å². The second kappa shape index (κ2) is 1170. The van der Waals surface area contributed by atoms with Gasteiger partial charge in [0.2, 0.25) is 0 Å². The molecule has 0 aromatic heterocycles. The van der Waals surface area contributed by atoms with Crippen molar-refractivity contribution in [1.82, 2.24) is 0 Å². The summed E-state index contributed by atoms with van der Waals surface area (Å²) < 4.78 is 0. The number of hydrogen-bond donors (Lipinski definition) is 0. The fourth-order valence-electron chi connectivity index (χ4n) is 0. The standard InChI is InChI=1S/3CH3O.Fe/c3*1-2;/h3*1H3;/q3*-1;+3. The van der Waals surface area contributed by atoms with E-state index >= 15 is 0 Å². The van der Waals surface area contributed by atoms with E-state index in [1.807, 2.05) is 0 Å². The van der Waals surface area contributed by atoms with Gasteiger partial charge in [0, 0.05) is 0 Å². The Hall–Kier alpha value is 0.399. The number of rotatable bonds is 0. The normalized spacial score (nSPS) is 2.57. The summed E-state index contributed by atoms with van der Waals surface area (Å²) in [4.78, 5) is 0. The predicted octanol–water partition coefficient (Wildman–Crippen LogP) is -3.07. The van der Waals surface area contributed by atoms with Crippen LogP contribution in [0.25, 0.3) is 0 Å². The summed E-state index contributed by atoms with van der Waals surface area (Å²) in [6.45, 7) is 0. The van der Waals surface area contributed by atoms with Gasteiger partial charge in [-0.3, -0.25) is 0 Å². The van der Waals surface area contributed by atoms with Gasteiger partial charge in [0.1, 0.15) is 0 Å². The SMILES string of the molecule is C[O-].C[O-].C[O-].[Fe+3]. The average Bonchev–Trinajstić information content (AvgIpc) is 1.81. The first-order chi connectivity index (χ1) is 3.00. The van der Waals surface area contributed by atoms with Crippen LogP contribution < -0.4 is 15.3 Å². The van der Waals surface area contributed by atoms with Crippen LogP contribution >= 0.6 is 0 Å². The third kappa shape index (κ3) is 776. The van der Waals surface area contributed by atoms with Crippen LogP contribution in [0.1, 0.15) is 0 Å². The van der Waals surface area contributed by atoms with Crippen LogP contribution in [0.4, 0.5) is 0 Å². The summed E-state index contributed by atoms with van der Waals surface area (Å²) in [6.07, 6.45) is 0. The first kappa shape index (κ1) is 26.2. The fraction of sp³-hybridized carbons (Fsp3) is 1.00. The maximum Gasteiger partial charge on any atom is 3.00 e. The van der Waals surface area contributed by atoms with Crippen molar-refractivity contribution in [1.29, 1.82) is 0 Å². The summed E-state index contributed by atoms with van der Waals surface area (Å²) in [5.41, 5.74) is 0. The molecule has 7 heavy (non-hydrogen) atoms. The molecule has 0 N–H and O–H groups in total. The van der Waals surface area contributed by atoms with Gasteiger partial charge in [-0.25, -0.2) is 0 Å². The van der Waals surface area contributed by atoms with Gasteiger partial charge in [-0.05, 0) is 0 Å². The van der Waals surface area contributed by atoms with Gasteiger partial charge in [-0.1, -0.05) is 0 Å². The Morgan fingerprint density at radius 1 is 0.571 bits per heavy atom. The minimum absolute atomic E-state index is 0. The zero-order valence-corrected chi connectivity index (χ0v) is 5.68. The molecule has 0 saturated carbocycles. The second-order valence-corrected chi connectivity index (χ2v) is 0. The Kier molecular flexibility index (Phi) is 4380. The van der Waals surface area contributed by atoms with E-state index in [4.69, 9.17) is 15.3 Å². The molecule has 0 aliphatic heterocycles. The van der Waals surface area contributed by atoms with Crippen molar-refractivity contribution in [2.45, 2.75) is 0 Å². The topological polar surface area (TPSA) is 69.2 Å². The molecule has 0 heterocycles. The Labute approximate surface area is 54.5 Å². The second-order valence-electron chi connectivity index (χ2n) is 0. The monoisotopic (exact) mass is 149 g/mol. The molecular formula is C3H9FeO3. The molecule has 0 amide bonds. The summed E-state index contributed by atoms with van der Waals surface area (Å²) >= 11 is 0. The van der Waals surface area contributed by atoms with E-state index in [2.05, 4.69) is 0 Å². The molecule has 0 unspecified atom stereocenters. The van der Waals surface area contributed by atoms with Crippen LogP contribution in [0, 0.1) is 0 Å². The smallest absolute Gasteiger partial charge is 0.857 e. The minimum atomic E-state index is 0. The predicted molar refractivity (Wildman–Crippen MR) is 17.8 cm³/mol. The van der Waals surface area contributed by atoms with E-state index in [0.717, 1.165) is 21.3 Å². The maximum absolute atomic E-state index is 8.25. The van der Waals surface area contributed by atoms with Crippen LogP contribution in [0.5, 0.6) is 0 Å². The molecule has 0 aliphatic rings. The molecule has 0 spiro atoms. The van der Waals surface area contributed by atoms with Crippen molar-refractivity contribution >= 4 is 0 Å². The van der Waals surface area contributed by atoms with Crippen molar-refractivity contribution in [3.8, 4) is 0 Å². The van der Waals surface area contributed by atoms with Crippen molar-refractivity contribution in [3.63, 3.8) is 0 Å². The van der Waals surface area contributed by atoms with E-state index in [9.17, 15) is 0 Å². The first-order valence-electron chi connectivity index (χ1n) is 1.22. The van der Waals surface area contributed by atoms with E-state index in [1.54, 1.807) is 0 Å². The van der Waals surface area contributed by atoms with Crippen molar-refractivity contribution in [3.05, 3.63) is 0 Å². The zero-order chi connectivity index (χ0) is 6.00. The van der Waals surface area contributed by atoms with Crippen LogP contribution in [0.3, 0.4) is 0 Å². The largest absolute Gasteiger partial charge is 3.00 e. The number of hydrogen-bond acceptors (Lipinski definition) is 3. The van der Waals surface area contributed by atoms with Gasteiger partial charge in [-0.2, -0.15) is 21.3 Å².